The van der Waals surface area contributed by atoms with Crippen molar-refractivity contribution in [3.63, 3.8) is 0 Å². The Morgan fingerprint density at radius 1 is 1.31 bits per heavy atom. The highest BCUT2D eigenvalue weighted by Gasteiger charge is 2.55. The number of hydrogen-bond donors (Lipinski definition) is 0. The zero-order valence-electron chi connectivity index (χ0n) is 15.7. The fraction of sp³-hybridized carbons (Fsp3) is 0.524. The topological polar surface area (TPSA) is 55.8 Å². The van der Waals surface area contributed by atoms with Crippen LogP contribution in [0.1, 0.15) is 38.7 Å². The lowest BCUT2D eigenvalue weighted by molar-refractivity contribution is -0.146. The summed E-state index contributed by atoms with van der Waals surface area (Å²) < 4.78 is 10.2. The molecule has 26 heavy (non-hydrogen) atoms. The molecule has 5 heteroatoms. The van der Waals surface area contributed by atoms with Gasteiger partial charge in [0.25, 0.3) is 0 Å². The number of carbonyl (C=O) groups is 2. The zero-order valence-corrected chi connectivity index (χ0v) is 15.7. The van der Waals surface area contributed by atoms with E-state index in [0.29, 0.717) is 6.61 Å². The van der Waals surface area contributed by atoms with Gasteiger partial charge < -0.3 is 9.47 Å². The van der Waals surface area contributed by atoms with Crippen molar-refractivity contribution in [1.82, 2.24) is 4.90 Å². The van der Waals surface area contributed by atoms with Gasteiger partial charge in [-0.05, 0) is 44.2 Å². The minimum absolute atomic E-state index is 0.0780. The molecule has 0 amide bonds. The van der Waals surface area contributed by atoms with Crippen molar-refractivity contribution in [1.29, 1.82) is 0 Å². The van der Waals surface area contributed by atoms with E-state index >= 15 is 0 Å². The highest BCUT2D eigenvalue weighted by Crippen LogP contribution is 2.50. The summed E-state index contributed by atoms with van der Waals surface area (Å²) in [6.07, 6.45) is 4.05. The Labute approximate surface area is 155 Å². The molecule has 3 rings (SSSR count). The van der Waals surface area contributed by atoms with E-state index in [4.69, 9.17) is 9.47 Å². The summed E-state index contributed by atoms with van der Waals surface area (Å²) >= 11 is 0. The van der Waals surface area contributed by atoms with Gasteiger partial charge >= 0.3 is 11.9 Å². The van der Waals surface area contributed by atoms with E-state index < -0.39 is 0 Å². The highest BCUT2D eigenvalue weighted by molar-refractivity contribution is 5.84. The molecule has 2 heterocycles. The lowest BCUT2D eigenvalue weighted by Gasteiger charge is -2.44. The monoisotopic (exact) mass is 357 g/mol. The summed E-state index contributed by atoms with van der Waals surface area (Å²) in [5.41, 5.74) is 2.10. The van der Waals surface area contributed by atoms with Gasteiger partial charge in [-0.2, -0.15) is 0 Å². The fourth-order valence-corrected chi connectivity index (χ4v) is 4.45. The number of benzene rings is 1. The van der Waals surface area contributed by atoms with E-state index in [1.165, 1.54) is 12.7 Å². The maximum Gasteiger partial charge on any atom is 0.330 e. The van der Waals surface area contributed by atoms with Crippen LogP contribution in [-0.2, 0) is 25.6 Å². The third-order valence-electron chi connectivity index (χ3n) is 5.69. The maximum atomic E-state index is 12.5. The number of hydrogen-bond acceptors (Lipinski definition) is 5. The molecule has 2 bridgehead atoms. The second-order valence-corrected chi connectivity index (χ2v) is 7.36. The SMILES string of the molecule is CCOC(=O)/C=C1/CC[C@@]2(C)C[C@H](C(=O)OC)[C@@H]1N2Cc1ccccc1. The summed E-state index contributed by atoms with van der Waals surface area (Å²) in [6, 6.07) is 10.1. The van der Waals surface area contributed by atoms with E-state index in [-0.39, 0.29) is 29.4 Å². The Hall–Kier alpha value is -2.14. The van der Waals surface area contributed by atoms with Gasteiger partial charge in [-0.25, -0.2) is 4.79 Å². The molecule has 3 atom stereocenters. The molecule has 1 aromatic rings. The Kier molecular flexibility index (Phi) is 5.47. The van der Waals surface area contributed by atoms with Crippen LogP contribution in [0.2, 0.25) is 0 Å². The second kappa shape index (κ2) is 7.62. The standard InChI is InChI=1S/C21H27NO4/c1-4-26-18(23)12-16-10-11-21(2)13-17(20(24)25-3)19(16)22(21)14-15-8-6-5-7-9-15/h5-9,12,17,19H,4,10-11,13-14H2,1-3H3/b16-12-/t17-,19+,21-/m0/s1. The first-order valence-electron chi connectivity index (χ1n) is 9.24. The van der Waals surface area contributed by atoms with Crippen molar-refractivity contribution >= 4 is 11.9 Å². The Balaban J connectivity index is 1.96. The molecule has 0 spiro atoms. The number of nitrogens with zero attached hydrogens (tertiary/aromatic N) is 1. The molecule has 0 radical (unpaired) electrons. The lowest BCUT2D eigenvalue weighted by atomic mass is 9.87. The van der Waals surface area contributed by atoms with E-state index in [0.717, 1.165) is 31.4 Å². The Morgan fingerprint density at radius 3 is 2.69 bits per heavy atom. The number of fused-ring (bicyclic) bond motifs is 2. The number of piperidine rings is 1. The van der Waals surface area contributed by atoms with Gasteiger partial charge in [-0.15, -0.1) is 0 Å². The molecule has 0 N–H and O–H groups in total. The molecular formula is C21H27NO4. The van der Waals surface area contributed by atoms with E-state index in [1.807, 2.05) is 18.2 Å². The van der Waals surface area contributed by atoms with Crippen LogP contribution < -0.4 is 0 Å². The average molecular weight is 357 g/mol. The largest absolute Gasteiger partial charge is 0.469 e. The molecule has 2 saturated heterocycles. The van der Waals surface area contributed by atoms with Gasteiger partial charge in [0.2, 0.25) is 0 Å². The number of methoxy groups -OCH3 is 1. The number of rotatable bonds is 5. The normalized spacial score (nSPS) is 29.6. The third-order valence-corrected chi connectivity index (χ3v) is 5.69. The van der Waals surface area contributed by atoms with Crippen molar-refractivity contribution in [3.8, 4) is 0 Å². The summed E-state index contributed by atoms with van der Waals surface area (Å²) in [5, 5.41) is 0. The molecule has 0 aliphatic carbocycles. The molecule has 1 aromatic carbocycles. The minimum atomic E-state index is -0.332. The Bertz CT molecular complexity index is 699. The fourth-order valence-electron chi connectivity index (χ4n) is 4.45. The smallest absolute Gasteiger partial charge is 0.330 e. The van der Waals surface area contributed by atoms with Crippen LogP contribution in [0.3, 0.4) is 0 Å². The van der Waals surface area contributed by atoms with Gasteiger partial charge in [-0.1, -0.05) is 30.3 Å². The van der Waals surface area contributed by atoms with Gasteiger partial charge in [0, 0.05) is 24.2 Å². The van der Waals surface area contributed by atoms with Crippen molar-refractivity contribution in [2.24, 2.45) is 5.92 Å². The van der Waals surface area contributed by atoms with Gasteiger partial charge in [-0.3, -0.25) is 9.69 Å². The molecule has 140 valence electrons. The molecule has 0 unspecified atom stereocenters. The quantitative estimate of drug-likeness (QED) is 0.599. The first kappa shape index (κ1) is 18.6. The maximum absolute atomic E-state index is 12.5. The van der Waals surface area contributed by atoms with Crippen LogP contribution in [-0.4, -0.2) is 42.1 Å². The summed E-state index contributed by atoms with van der Waals surface area (Å²) in [7, 11) is 1.43. The van der Waals surface area contributed by atoms with Crippen LogP contribution in [0.5, 0.6) is 0 Å². The van der Waals surface area contributed by atoms with Gasteiger partial charge in [0.15, 0.2) is 0 Å². The van der Waals surface area contributed by atoms with Crippen LogP contribution in [0.15, 0.2) is 42.0 Å². The second-order valence-electron chi connectivity index (χ2n) is 7.36. The number of carbonyl (C=O) groups excluding carboxylic acids is 2. The lowest BCUT2D eigenvalue weighted by Crippen LogP contribution is -2.49. The van der Waals surface area contributed by atoms with Crippen molar-refractivity contribution < 1.29 is 19.1 Å². The molecule has 5 nitrogen and oxygen atoms in total. The Morgan fingerprint density at radius 2 is 2.04 bits per heavy atom. The van der Waals surface area contributed by atoms with Crippen LogP contribution in [0, 0.1) is 5.92 Å². The summed E-state index contributed by atoms with van der Waals surface area (Å²) in [4.78, 5) is 26.9. The molecule has 2 aliphatic rings. The van der Waals surface area contributed by atoms with E-state index in [9.17, 15) is 9.59 Å². The van der Waals surface area contributed by atoms with E-state index in [1.54, 1.807) is 13.0 Å². The first-order valence-corrected chi connectivity index (χ1v) is 9.24. The molecule has 0 saturated carbocycles. The van der Waals surface area contributed by atoms with Crippen LogP contribution >= 0.6 is 0 Å². The molecule has 2 fully saturated rings. The predicted molar refractivity (Wildman–Crippen MR) is 98.3 cm³/mol. The summed E-state index contributed by atoms with van der Waals surface area (Å²) in [5.74, 6) is -0.786. The van der Waals surface area contributed by atoms with Crippen LogP contribution in [0.4, 0.5) is 0 Å². The minimum Gasteiger partial charge on any atom is -0.469 e. The van der Waals surface area contributed by atoms with Gasteiger partial charge in [0.1, 0.15) is 0 Å². The highest BCUT2D eigenvalue weighted by atomic mass is 16.5. The number of esters is 2. The van der Waals surface area contributed by atoms with Crippen molar-refractivity contribution in [3.05, 3.63) is 47.5 Å². The van der Waals surface area contributed by atoms with Crippen LogP contribution in [0.25, 0.3) is 0 Å². The zero-order chi connectivity index (χ0) is 18.7. The van der Waals surface area contributed by atoms with Crippen molar-refractivity contribution in [2.45, 2.75) is 51.2 Å². The molecule has 2 aliphatic heterocycles. The van der Waals surface area contributed by atoms with Gasteiger partial charge in [0.05, 0.1) is 19.6 Å². The third kappa shape index (κ3) is 3.54. The first-order chi connectivity index (χ1) is 12.5. The molecule has 0 aromatic heterocycles. The van der Waals surface area contributed by atoms with E-state index in [2.05, 4.69) is 24.0 Å². The number of ether oxygens (including phenoxy) is 2. The molecular weight excluding hydrogens is 330 g/mol. The predicted octanol–water partition coefficient (Wildman–Crippen LogP) is 3.09. The summed E-state index contributed by atoms with van der Waals surface area (Å²) in [6.45, 7) is 5.10. The van der Waals surface area contributed by atoms with Crippen molar-refractivity contribution in [2.75, 3.05) is 13.7 Å². The average Bonchev–Trinajstić information content (AvgIpc) is 2.82.